The summed E-state index contributed by atoms with van der Waals surface area (Å²) in [6.45, 7) is 2.04. The SMILES string of the molecule is CCCCCCCCCC=CC(=O)CCc1ccc(O)c(CO)c1. The fraction of sp³-hybridized carbons (Fsp3) is 0.571. The van der Waals surface area contributed by atoms with Crippen molar-refractivity contribution in [1.82, 2.24) is 0 Å². The van der Waals surface area contributed by atoms with Crippen LogP contribution in [0.2, 0.25) is 0 Å². The molecule has 0 radical (unpaired) electrons. The number of carbonyl (C=O) groups excluding carboxylic acids is 1. The van der Waals surface area contributed by atoms with Crippen LogP contribution in [0.5, 0.6) is 5.75 Å². The van der Waals surface area contributed by atoms with Gasteiger partial charge < -0.3 is 10.2 Å². The van der Waals surface area contributed by atoms with E-state index in [2.05, 4.69) is 6.92 Å². The molecular formula is C21H32O3. The first kappa shape index (κ1) is 20.4. The molecule has 2 N–H and O–H groups in total. The molecule has 0 heterocycles. The highest BCUT2D eigenvalue weighted by Crippen LogP contribution is 2.19. The summed E-state index contributed by atoms with van der Waals surface area (Å²) in [6.07, 6.45) is 14.8. The van der Waals surface area contributed by atoms with E-state index < -0.39 is 0 Å². The lowest BCUT2D eigenvalue weighted by Gasteiger charge is -2.04. The molecule has 0 atom stereocenters. The summed E-state index contributed by atoms with van der Waals surface area (Å²) in [5.41, 5.74) is 1.47. The third-order valence-corrected chi connectivity index (χ3v) is 4.25. The summed E-state index contributed by atoms with van der Waals surface area (Å²) in [4.78, 5) is 11.9. The van der Waals surface area contributed by atoms with Gasteiger partial charge in [-0.1, -0.05) is 57.6 Å². The van der Waals surface area contributed by atoms with E-state index in [0.717, 1.165) is 18.4 Å². The van der Waals surface area contributed by atoms with Crippen LogP contribution in [-0.4, -0.2) is 16.0 Å². The fourth-order valence-electron chi connectivity index (χ4n) is 2.71. The summed E-state index contributed by atoms with van der Waals surface area (Å²) >= 11 is 0. The number of rotatable bonds is 13. The average Bonchev–Trinajstić information content (AvgIpc) is 2.59. The predicted molar refractivity (Wildman–Crippen MR) is 99.1 cm³/mol. The Morgan fingerprint density at radius 3 is 2.50 bits per heavy atom. The number of hydrogen-bond donors (Lipinski definition) is 2. The normalized spacial score (nSPS) is 11.2. The number of phenols is 1. The second-order valence-electron chi connectivity index (χ2n) is 6.40. The highest BCUT2D eigenvalue weighted by molar-refractivity contribution is 5.89. The molecule has 1 rings (SSSR count). The van der Waals surface area contributed by atoms with Gasteiger partial charge in [-0.15, -0.1) is 0 Å². The largest absolute Gasteiger partial charge is 0.508 e. The van der Waals surface area contributed by atoms with Crippen LogP contribution in [0.4, 0.5) is 0 Å². The molecule has 0 fully saturated rings. The number of unbranched alkanes of at least 4 members (excludes halogenated alkanes) is 7. The maximum absolute atomic E-state index is 11.9. The number of aromatic hydroxyl groups is 1. The number of benzene rings is 1. The van der Waals surface area contributed by atoms with E-state index in [4.69, 9.17) is 5.11 Å². The van der Waals surface area contributed by atoms with Crippen LogP contribution >= 0.6 is 0 Å². The second kappa shape index (κ2) is 12.8. The quantitative estimate of drug-likeness (QED) is 0.391. The Kier molecular flexibility index (Phi) is 10.9. The maximum Gasteiger partial charge on any atom is 0.155 e. The Balaban J connectivity index is 2.15. The monoisotopic (exact) mass is 332 g/mol. The first-order chi connectivity index (χ1) is 11.7. The molecule has 24 heavy (non-hydrogen) atoms. The van der Waals surface area contributed by atoms with Crippen molar-refractivity contribution in [3.63, 3.8) is 0 Å². The minimum Gasteiger partial charge on any atom is -0.508 e. The topological polar surface area (TPSA) is 57.5 Å². The Morgan fingerprint density at radius 1 is 1.08 bits per heavy atom. The molecule has 0 aliphatic carbocycles. The van der Waals surface area contributed by atoms with Gasteiger partial charge in [0.1, 0.15) is 5.75 Å². The fourth-order valence-corrected chi connectivity index (χ4v) is 2.71. The van der Waals surface area contributed by atoms with Crippen LogP contribution < -0.4 is 0 Å². The molecule has 0 saturated carbocycles. The number of aryl methyl sites for hydroxylation is 1. The lowest BCUT2D eigenvalue weighted by molar-refractivity contribution is -0.114. The lowest BCUT2D eigenvalue weighted by atomic mass is 10.0. The molecule has 1 aromatic carbocycles. The first-order valence-electron chi connectivity index (χ1n) is 9.28. The molecule has 0 amide bonds. The van der Waals surface area contributed by atoms with E-state index in [-0.39, 0.29) is 18.1 Å². The highest BCUT2D eigenvalue weighted by atomic mass is 16.3. The second-order valence-corrected chi connectivity index (χ2v) is 6.40. The van der Waals surface area contributed by atoms with Crippen molar-refractivity contribution in [1.29, 1.82) is 0 Å². The molecule has 0 saturated heterocycles. The highest BCUT2D eigenvalue weighted by Gasteiger charge is 2.03. The minimum absolute atomic E-state index is 0.0992. The first-order valence-corrected chi connectivity index (χ1v) is 9.28. The van der Waals surface area contributed by atoms with Crippen LogP contribution in [0.15, 0.2) is 30.4 Å². The van der Waals surface area contributed by atoms with Crippen molar-refractivity contribution in [3.8, 4) is 5.75 Å². The average molecular weight is 332 g/mol. The molecule has 0 bridgehead atoms. The summed E-state index contributed by atoms with van der Waals surface area (Å²) in [5.74, 6) is 0.235. The van der Waals surface area contributed by atoms with Crippen LogP contribution in [0, 0.1) is 0 Å². The van der Waals surface area contributed by atoms with Gasteiger partial charge in [-0.2, -0.15) is 0 Å². The van der Waals surface area contributed by atoms with Crippen molar-refractivity contribution in [2.24, 2.45) is 0 Å². The molecule has 0 spiro atoms. The molecule has 0 aromatic heterocycles. The third kappa shape index (κ3) is 8.88. The Bertz CT molecular complexity index is 506. The minimum atomic E-state index is -0.189. The molecule has 3 heteroatoms. The van der Waals surface area contributed by atoms with Crippen LogP contribution in [-0.2, 0) is 17.8 Å². The van der Waals surface area contributed by atoms with E-state index in [0.29, 0.717) is 18.4 Å². The van der Waals surface area contributed by atoms with Gasteiger partial charge in [0.2, 0.25) is 0 Å². The number of carbonyl (C=O) groups is 1. The smallest absolute Gasteiger partial charge is 0.155 e. The van der Waals surface area contributed by atoms with E-state index in [1.807, 2.05) is 6.08 Å². The number of ketones is 1. The number of hydrogen-bond acceptors (Lipinski definition) is 3. The maximum atomic E-state index is 11.9. The van der Waals surface area contributed by atoms with Gasteiger partial charge in [-0.25, -0.2) is 0 Å². The Labute approximate surface area is 146 Å². The van der Waals surface area contributed by atoms with E-state index in [1.54, 1.807) is 24.3 Å². The van der Waals surface area contributed by atoms with E-state index >= 15 is 0 Å². The van der Waals surface area contributed by atoms with Gasteiger partial charge in [0.05, 0.1) is 6.61 Å². The zero-order chi connectivity index (χ0) is 17.6. The summed E-state index contributed by atoms with van der Waals surface area (Å²) in [5, 5.41) is 18.7. The van der Waals surface area contributed by atoms with Crippen molar-refractivity contribution >= 4 is 5.78 Å². The van der Waals surface area contributed by atoms with E-state index in [1.165, 1.54) is 38.5 Å². The van der Waals surface area contributed by atoms with Crippen LogP contribution in [0.1, 0.15) is 75.8 Å². The molecule has 1 aromatic rings. The van der Waals surface area contributed by atoms with Crippen molar-refractivity contribution in [2.75, 3.05) is 0 Å². The third-order valence-electron chi connectivity index (χ3n) is 4.25. The van der Waals surface area contributed by atoms with Crippen LogP contribution in [0.3, 0.4) is 0 Å². The standard InChI is InChI=1S/C21H32O3/c1-2-3-4-5-6-7-8-9-10-11-20(23)14-12-18-13-15-21(24)19(16-18)17-22/h10-11,13,15-16,22,24H,2-9,12,14,17H2,1H3. The summed E-state index contributed by atoms with van der Waals surface area (Å²) in [7, 11) is 0. The van der Waals surface area contributed by atoms with Gasteiger partial charge in [0.25, 0.3) is 0 Å². The zero-order valence-electron chi connectivity index (χ0n) is 15.0. The molecule has 0 aliphatic heterocycles. The van der Waals surface area contributed by atoms with Gasteiger partial charge >= 0.3 is 0 Å². The van der Waals surface area contributed by atoms with Crippen molar-refractivity contribution in [2.45, 2.75) is 77.7 Å². The molecule has 0 aliphatic rings. The number of allylic oxidation sites excluding steroid dienone is 2. The molecule has 3 nitrogen and oxygen atoms in total. The van der Waals surface area contributed by atoms with Gasteiger partial charge in [0.15, 0.2) is 5.78 Å². The Morgan fingerprint density at radius 2 is 1.79 bits per heavy atom. The van der Waals surface area contributed by atoms with Crippen LogP contribution in [0.25, 0.3) is 0 Å². The lowest BCUT2D eigenvalue weighted by Crippen LogP contribution is -1.97. The molecule has 0 unspecified atom stereocenters. The Hall–Kier alpha value is -1.61. The van der Waals surface area contributed by atoms with E-state index in [9.17, 15) is 9.90 Å². The van der Waals surface area contributed by atoms with Crippen molar-refractivity contribution < 1.29 is 15.0 Å². The predicted octanol–water partition coefficient (Wildman–Crippen LogP) is 5.08. The van der Waals surface area contributed by atoms with Gasteiger partial charge in [-0.05, 0) is 43.0 Å². The van der Waals surface area contributed by atoms with Gasteiger partial charge in [0, 0.05) is 12.0 Å². The molecular weight excluding hydrogens is 300 g/mol. The molecule has 134 valence electrons. The van der Waals surface area contributed by atoms with Crippen molar-refractivity contribution in [3.05, 3.63) is 41.5 Å². The van der Waals surface area contributed by atoms with Gasteiger partial charge in [-0.3, -0.25) is 4.79 Å². The number of aliphatic hydroxyl groups excluding tert-OH is 1. The summed E-state index contributed by atoms with van der Waals surface area (Å²) < 4.78 is 0. The zero-order valence-corrected chi connectivity index (χ0v) is 15.0. The number of aliphatic hydroxyl groups is 1. The summed E-state index contributed by atoms with van der Waals surface area (Å²) in [6, 6.07) is 5.12.